The van der Waals surface area contributed by atoms with Gasteiger partial charge in [0.2, 0.25) is 0 Å². The first kappa shape index (κ1) is 21.2. The number of hydrogen-bond acceptors (Lipinski definition) is 5. The van der Waals surface area contributed by atoms with E-state index >= 15 is 0 Å². The fourth-order valence-electron chi connectivity index (χ4n) is 2.41. The molecule has 0 aliphatic rings. The molecule has 0 spiro atoms. The fourth-order valence-corrected chi connectivity index (χ4v) is 2.47. The zero-order chi connectivity index (χ0) is 20.4. The summed E-state index contributed by atoms with van der Waals surface area (Å²) in [7, 11) is 0. The number of thiocarbonyl (C=S) groups is 1. The summed E-state index contributed by atoms with van der Waals surface area (Å²) in [6.45, 7) is 4.13. The number of rotatable bonds is 9. The molecule has 148 valence electrons. The largest absolute Gasteiger partial charge is 0.490 e. The van der Waals surface area contributed by atoms with Crippen molar-refractivity contribution in [3.8, 4) is 11.5 Å². The minimum atomic E-state index is -0.218. The quantitative estimate of drug-likeness (QED) is 0.340. The summed E-state index contributed by atoms with van der Waals surface area (Å²) in [5.41, 5.74) is 9.60. The van der Waals surface area contributed by atoms with Gasteiger partial charge in [0.05, 0.1) is 18.9 Å². The SMILES string of the molecule is CCOc1cc(C=NNC(N)=S)ccc1OCC(=O)NC(C)c1ccccc1. The number of carbonyl (C=O) groups excluding carboxylic acids is 1. The molecule has 2 rings (SSSR count). The van der Waals surface area contributed by atoms with Crippen molar-refractivity contribution in [1.82, 2.24) is 10.7 Å². The minimum absolute atomic E-state index is 0.0805. The van der Waals surface area contributed by atoms with Crippen LogP contribution in [-0.2, 0) is 4.79 Å². The molecule has 0 fully saturated rings. The first-order valence-electron chi connectivity index (χ1n) is 8.82. The number of nitrogens with zero attached hydrogens (tertiary/aromatic N) is 1. The van der Waals surface area contributed by atoms with Gasteiger partial charge < -0.3 is 20.5 Å². The van der Waals surface area contributed by atoms with Crippen LogP contribution >= 0.6 is 12.2 Å². The van der Waals surface area contributed by atoms with Crippen LogP contribution in [0.2, 0.25) is 0 Å². The molecular weight excluding hydrogens is 376 g/mol. The van der Waals surface area contributed by atoms with Crippen LogP contribution in [0.25, 0.3) is 0 Å². The summed E-state index contributed by atoms with van der Waals surface area (Å²) < 4.78 is 11.2. The molecule has 0 aromatic heterocycles. The predicted octanol–water partition coefficient (Wildman–Crippen LogP) is 2.51. The summed E-state index contributed by atoms with van der Waals surface area (Å²) >= 11 is 4.69. The van der Waals surface area contributed by atoms with Crippen LogP contribution in [0.1, 0.15) is 31.0 Å². The van der Waals surface area contributed by atoms with Gasteiger partial charge in [-0.25, -0.2) is 0 Å². The maximum Gasteiger partial charge on any atom is 0.258 e. The minimum Gasteiger partial charge on any atom is -0.490 e. The van der Waals surface area contributed by atoms with Gasteiger partial charge in [0.1, 0.15) is 0 Å². The van der Waals surface area contributed by atoms with Crippen molar-refractivity contribution in [1.29, 1.82) is 0 Å². The van der Waals surface area contributed by atoms with E-state index in [4.69, 9.17) is 15.2 Å². The Hall–Kier alpha value is -3.13. The third kappa shape index (κ3) is 6.88. The van der Waals surface area contributed by atoms with Crippen molar-refractivity contribution in [2.24, 2.45) is 10.8 Å². The van der Waals surface area contributed by atoms with Gasteiger partial charge in [0.25, 0.3) is 5.91 Å². The highest BCUT2D eigenvalue weighted by Gasteiger charge is 2.12. The van der Waals surface area contributed by atoms with Gasteiger partial charge in [-0.15, -0.1) is 0 Å². The molecule has 1 amide bonds. The maximum atomic E-state index is 12.2. The van der Waals surface area contributed by atoms with Crippen LogP contribution in [0.4, 0.5) is 0 Å². The Labute approximate surface area is 169 Å². The third-order valence-corrected chi connectivity index (χ3v) is 3.78. The molecule has 0 saturated heterocycles. The Morgan fingerprint density at radius 1 is 1.21 bits per heavy atom. The lowest BCUT2D eigenvalue weighted by atomic mass is 10.1. The molecule has 1 atom stereocenters. The average molecular weight is 401 g/mol. The molecule has 28 heavy (non-hydrogen) atoms. The van der Waals surface area contributed by atoms with E-state index in [0.29, 0.717) is 18.1 Å². The molecule has 0 bridgehead atoms. The molecule has 0 heterocycles. The van der Waals surface area contributed by atoms with E-state index in [-0.39, 0.29) is 23.7 Å². The normalized spacial score (nSPS) is 11.6. The van der Waals surface area contributed by atoms with Gasteiger partial charge in [0.15, 0.2) is 23.2 Å². The Kier molecular flexibility index (Phi) is 8.23. The second-order valence-electron chi connectivity index (χ2n) is 5.86. The number of benzene rings is 2. The number of ether oxygens (including phenoxy) is 2. The first-order valence-corrected chi connectivity index (χ1v) is 9.23. The molecule has 0 aliphatic heterocycles. The number of carbonyl (C=O) groups is 1. The highest BCUT2D eigenvalue weighted by molar-refractivity contribution is 7.80. The van der Waals surface area contributed by atoms with Crippen molar-refractivity contribution < 1.29 is 14.3 Å². The van der Waals surface area contributed by atoms with E-state index in [9.17, 15) is 4.79 Å². The van der Waals surface area contributed by atoms with Gasteiger partial charge >= 0.3 is 0 Å². The molecule has 8 heteroatoms. The second-order valence-corrected chi connectivity index (χ2v) is 6.30. The van der Waals surface area contributed by atoms with Gasteiger partial charge in [-0.2, -0.15) is 5.10 Å². The smallest absolute Gasteiger partial charge is 0.258 e. The number of hydrogen-bond donors (Lipinski definition) is 3. The summed E-state index contributed by atoms with van der Waals surface area (Å²) in [4.78, 5) is 12.2. The second kappa shape index (κ2) is 10.9. The van der Waals surface area contributed by atoms with E-state index in [1.165, 1.54) is 0 Å². The molecular formula is C20H24N4O3S. The van der Waals surface area contributed by atoms with Crippen molar-refractivity contribution >= 4 is 29.5 Å². The zero-order valence-electron chi connectivity index (χ0n) is 15.8. The summed E-state index contributed by atoms with van der Waals surface area (Å²) in [6.07, 6.45) is 1.56. The molecule has 0 saturated carbocycles. The predicted molar refractivity (Wildman–Crippen MR) is 114 cm³/mol. The van der Waals surface area contributed by atoms with E-state index < -0.39 is 0 Å². The molecule has 0 radical (unpaired) electrons. The van der Waals surface area contributed by atoms with E-state index in [0.717, 1.165) is 11.1 Å². The van der Waals surface area contributed by atoms with Crippen LogP contribution in [0, 0.1) is 0 Å². The Bertz CT molecular complexity index is 827. The van der Waals surface area contributed by atoms with Gasteiger partial charge in [0, 0.05) is 0 Å². The number of nitrogens with one attached hydrogen (secondary N) is 2. The van der Waals surface area contributed by atoms with E-state index in [2.05, 4.69) is 28.1 Å². The Balaban J connectivity index is 1.97. The van der Waals surface area contributed by atoms with Crippen LogP contribution in [0.5, 0.6) is 11.5 Å². The molecule has 1 unspecified atom stereocenters. The first-order chi connectivity index (χ1) is 13.5. The average Bonchev–Trinajstić information content (AvgIpc) is 2.68. The van der Waals surface area contributed by atoms with Gasteiger partial charge in [-0.1, -0.05) is 30.3 Å². The topological polar surface area (TPSA) is 98.0 Å². The summed E-state index contributed by atoms with van der Waals surface area (Å²) in [6, 6.07) is 14.9. The van der Waals surface area contributed by atoms with E-state index in [1.807, 2.05) is 44.2 Å². The van der Waals surface area contributed by atoms with Crippen LogP contribution in [-0.4, -0.2) is 30.4 Å². The monoisotopic (exact) mass is 400 g/mol. The zero-order valence-corrected chi connectivity index (χ0v) is 16.7. The number of amides is 1. The molecule has 4 N–H and O–H groups in total. The Morgan fingerprint density at radius 3 is 2.64 bits per heavy atom. The van der Waals surface area contributed by atoms with Crippen molar-refractivity contribution in [3.05, 3.63) is 59.7 Å². The van der Waals surface area contributed by atoms with Gasteiger partial charge in [-0.3, -0.25) is 10.2 Å². The van der Waals surface area contributed by atoms with Crippen LogP contribution in [0.15, 0.2) is 53.6 Å². The lowest BCUT2D eigenvalue weighted by molar-refractivity contribution is -0.123. The molecule has 0 aliphatic carbocycles. The van der Waals surface area contributed by atoms with Crippen LogP contribution < -0.4 is 25.9 Å². The van der Waals surface area contributed by atoms with Crippen molar-refractivity contribution in [2.75, 3.05) is 13.2 Å². The maximum absolute atomic E-state index is 12.2. The summed E-state index contributed by atoms with van der Waals surface area (Å²) in [5, 5.41) is 6.90. The lowest BCUT2D eigenvalue weighted by Gasteiger charge is -2.16. The molecule has 2 aromatic carbocycles. The Morgan fingerprint density at radius 2 is 1.96 bits per heavy atom. The summed E-state index contributed by atoms with van der Waals surface area (Å²) in [5.74, 6) is 0.777. The number of hydrazone groups is 1. The van der Waals surface area contributed by atoms with E-state index in [1.54, 1.807) is 24.4 Å². The van der Waals surface area contributed by atoms with Crippen molar-refractivity contribution in [2.45, 2.75) is 19.9 Å². The fraction of sp³-hybridized carbons (Fsp3) is 0.250. The highest BCUT2D eigenvalue weighted by atomic mass is 32.1. The van der Waals surface area contributed by atoms with Crippen LogP contribution in [0.3, 0.4) is 0 Å². The lowest BCUT2D eigenvalue weighted by Crippen LogP contribution is -2.31. The highest BCUT2D eigenvalue weighted by Crippen LogP contribution is 2.28. The molecule has 2 aromatic rings. The number of nitrogens with two attached hydrogens (primary N) is 1. The molecule has 7 nitrogen and oxygen atoms in total. The third-order valence-electron chi connectivity index (χ3n) is 3.69. The van der Waals surface area contributed by atoms with Gasteiger partial charge in [-0.05, 0) is 55.4 Å². The standard InChI is InChI=1S/C20H24N4O3S/c1-3-26-18-11-15(12-22-24-20(21)28)9-10-17(18)27-13-19(25)23-14(2)16-7-5-4-6-8-16/h4-12,14H,3,13H2,1-2H3,(H,23,25)(H3,21,24,28). The van der Waals surface area contributed by atoms with Crippen molar-refractivity contribution in [3.63, 3.8) is 0 Å².